The van der Waals surface area contributed by atoms with Crippen LogP contribution in [0.1, 0.15) is 0 Å². The second-order valence-electron chi connectivity index (χ2n) is 2.03. The molecule has 0 N–H and O–H groups in total. The van der Waals surface area contributed by atoms with Crippen molar-refractivity contribution in [2.45, 2.75) is 4.90 Å². The van der Waals surface area contributed by atoms with Gasteiger partial charge in [-0.15, -0.1) is 0 Å². The summed E-state index contributed by atoms with van der Waals surface area (Å²) in [6, 6.07) is 6.10. The summed E-state index contributed by atoms with van der Waals surface area (Å²) in [6.45, 7) is 0. The Morgan fingerprint density at radius 2 is 1.75 bits per heavy atom. The lowest BCUT2D eigenvalue weighted by Crippen LogP contribution is -2.00. The quantitative estimate of drug-likeness (QED) is 0.753. The Labute approximate surface area is 79.6 Å². The minimum absolute atomic E-state index is 0.0979. The molecule has 0 fully saturated rings. The third-order valence-electron chi connectivity index (χ3n) is 1.26. The third-order valence-corrected chi connectivity index (χ3v) is 2.95. The van der Waals surface area contributed by atoms with Gasteiger partial charge in [-0.2, -0.15) is 8.42 Å². The highest BCUT2D eigenvalue weighted by atomic mass is 79.9. The van der Waals surface area contributed by atoms with Crippen molar-refractivity contribution in [1.29, 1.82) is 0 Å². The molecule has 0 aromatic heterocycles. The van der Waals surface area contributed by atoms with Crippen LogP contribution in [0.4, 0.5) is 0 Å². The molecule has 3 nitrogen and oxygen atoms in total. The molecule has 0 amide bonds. The zero-order chi connectivity index (χ0) is 9.19. The first-order valence-corrected chi connectivity index (χ1v) is 5.20. The molecule has 0 bridgehead atoms. The van der Waals surface area contributed by atoms with Crippen LogP contribution in [0.2, 0.25) is 0 Å². The second kappa shape index (κ2) is 3.55. The summed E-state index contributed by atoms with van der Waals surface area (Å²) in [6.07, 6.45) is 0. The highest BCUT2D eigenvalue weighted by Gasteiger charge is 2.11. The predicted molar refractivity (Wildman–Crippen MR) is 47.8 cm³/mol. The van der Waals surface area contributed by atoms with E-state index in [0.717, 1.165) is 4.47 Å². The van der Waals surface area contributed by atoms with Crippen LogP contribution in [0.3, 0.4) is 0 Å². The Kier molecular flexibility index (Phi) is 2.87. The third kappa shape index (κ3) is 2.06. The molecule has 1 aromatic carbocycles. The van der Waals surface area contributed by atoms with Crippen LogP contribution >= 0.6 is 15.9 Å². The average molecular weight is 250 g/mol. The lowest BCUT2D eigenvalue weighted by Gasteiger charge is -1.99. The van der Waals surface area contributed by atoms with Crippen LogP contribution in [0.5, 0.6) is 0 Å². The van der Waals surface area contributed by atoms with Crippen LogP contribution < -0.4 is 0 Å². The molecule has 0 aliphatic heterocycles. The Balaban J connectivity index is 3.14. The van der Waals surface area contributed by atoms with Gasteiger partial charge >= 0.3 is 0 Å². The summed E-state index contributed by atoms with van der Waals surface area (Å²) in [5.74, 6) is 0. The van der Waals surface area contributed by atoms with Gasteiger partial charge in [-0.25, -0.2) is 0 Å². The number of hydrogen-bond acceptors (Lipinski definition) is 3. The molecule has 12 heavy (non-hydrogen) atoms. The van der Waals surface area contributed by atoms with Gasteiger partial charge in [0.15, 0.2) is 0 Å². The van der Waals surface area contributed by atoms with E-state index < -0.39 is 10.1 Å². The average Bonchev–Trinajstić information content (AvgIpc) is 2.05. The molecule has 0 saturated heterocycles. The lowest BCUT2D eigenvalue weighted by atomic mass is 10.4. The van der Waals surface area contributed by atoms with Crippen molar-refractivity contribution in [2.75, 3.05) is 0 Å². The Bertz CT molecular complexity index is 355. The molecule has 0 spiro atoms. The predicted octanol–water partition coefficient (Wildman–Crippen LogP) is 1.95. The molecule has 1 aromatic rings. The molecule has 0 aliphatic carbocycles. The maximum Gasteiger partial charge on any atom is 0.297 e. The molecule has 1 radical (unpaired) electrons. The summed E-state index contributed by atoms with van der Waals surface area (Å²) < 4.78 is 26.9. The summed E-state index contributed by atoms with van der Waals surface area (Å²) in [5, 5.41) is 0. The van der Waals surface area contributed by atoms with E-state index in [2.05, 4.69) is 27.2 Å². The summed E-state index contributed by atoms with van der Waals surface area (Å²) in [5.41, 5.74) is 0. The first-order chi connectivity index (χ1) is 5.56. The molecule has 1 rings (SSSR count). The molecular formula is C7H6BrO3S. The van der Waals surface area contributed by atoms with Gasteiger partial charge in [0.25, 0.3) is 10.1 Å². The standard InChI is InChI=1S/C7H6BrO3S/c1-11-12(9,10)7-4-2-6(8)3-5-7/h2-5H,1H2. The van der Waals surface area contributed by atoms with Crippen molar-refractivity contribution in [3.8, 4) is 0 Å². The van der Waals surface area contributed by atoms with Gasteiger partial charge in [0.05, 0.1) is 12.0 Å². The molecule has 0 saturated carbocycles. The second-order valence-corrected chi connectivity index (χ2v) is 4.56. The van der Waals surface area contributed by atoms with Crippen molar-refractivity contribution in [3.63, 3.8) is 0 Å². The molecule has 65 valence electrons. The zero-order valence-corrected chi connectivity index (χ0v) is 8.43. The monoisotopic (exact) mass is 249 g/mol. The first kappa shape index (κ1) is 9.70. The van der Waals surface area contributed by atoms with Crippen LogP contribution in [-0.2, 0) is 14.3 Å². The molecule has 0 unspecified atom stereocenters. The summed E-state index contributed by atoms with van der Waals surface area (Å²) in [7, 11) is -0.790. The van der Waals surface area contributed by atoms with Crippen LogP contribution in [0, 0.1) is 7.11 Å². The Hall–Kier alpha value is -0.390. The molecule has 5 heteroatoms. The molecular weight excluding hydrogens is 244 g/mol. The topological polar surface area (TPSA) is 43.4 Å². The van der Waals surface area contributed by atoms with Crippen molar-refractivity contribution in [3.05, 3.63) is 35.8 Å². The fourth-order valence-corrected chi connectivity index (χ4v) is 1.54. The van der Waals surface area contributed by atoms with E-state index in [1.54, 1.807) is 12.1 Å². The fourth-order valence-electron chi connectivity index (χ4n) is 0.669. The highest BCUT2D eigenvalue weighted by molar-refractivity contribution is 9.10. The van der Waals surface area contributed by atoms with E-state index in [4.69, 9.17) is 0 Å². The van der Waals surface area contributed by atoms with E-state index in [1.807, 2.05) is 0 Å². The maximum atomic E-state index is 11.0. The van der Waals surface area contributed by atoms with Crippen LogP contribution in [-0.4, -0.2) is 8.42 Å². The lowest BCUT2D eigenvalue weighted by molar-refractivity contribution is 0.438. The molecule has 0 heterocycles. The van der Waals surface area contributed by atoms with E-state index in [-0.39, 0.29) is 4.90 Å². The van der Waals surface area contributed by atoms with Crippen LogP contribution in [0.25, 0.3) is 0 Å². The minimum atomic E-state index is -3.65. The maximum absolute atomic E-state index is 11.0. The highest BCUT2D eigenvalue weighted by Crippen LogP contribution is 2.15. The van der Waals surface area contributed by atoms with E-state index >= 15 is 0 Å². The fraction of sp³-hybridized carbons (Fsp3) is 0. The van der Waals surface area contributed by atoms with Crippen LogP contribution in [0.15, 0.2) is 33.6 Å². The largest absolute Gasteiger partial charge is 0.297 e. The number of halogens is 1. The van der Waals surface area contributed by atoms with E-state index in [9.17, 15) is 8.42 Å². The van der Waals surface area contributed by atoms with Gasteiger partial charge in [0, 0.05) is 4.47 Å². The molecule has 0 atom stereocenters. The molecule has 0 aliphatic rings. The minimum Gasteiger partial charge on any atom is -0.264 e. The zero-order valence-electron chi connectivity index (χ0n) is 6.03. The normalized spacial score (nSPS) is 11.5. The number of hydrogen-bond donors (Lipinski definition) is 0. The van der Waals surface area contributed by atoms with Gasteiger partial charge in [-0.05, 0) is 24.3 Å². The van der Waals surface area contributed by atoms with Gasteiger partial charge in [-0.1, -0.05) is 15.9 Å². The first-order valence-electron chi connectivity index (χ1n) is 3.00. The van der Waals surface area contributed by atoms with Crippen molar-refractivity contribution in [2.24, 2.45) is 0 Å². The van der Waals surface area contributed by atoms with Gasteiger partial charge < -0.3 is 0 Å². The smallest absolute Gasteiger partial charge is 0.264 e. The van der Waals surface area contributed by atoms with E-state index in [0.29, 0.717) is 0 Å². The summed E-state index contributed by atoms with van der Waals surface area (Å²) >= 11 is 3.18. The number of benzene rings is 1. The Morgan fingerprint density at radius 1 is 1.25 bits per heavy atom. The van der Waals surface area contributed by atoms with Crippen molar-refractivity contribution in [1.82, 2.24) is 0 Å². The van der Waals surface area contributed by atoms with E-state index in [1.165, 1.54) is 12.1 Å². The van der Waals surface area contributed by atoms with Gasteiger partial charge in [0.2, 0.25) is 0 Å². The summed E-state index contributed by atoms with van der Waals surface area (Å²) in [4.78, 5) is 0.0979. The van der Waals surface area contributed by atoms with Crippen molar-refractivity contribution >= 4 is 26.0 Å². The van der Waals surface area contributed by atoms with Gasteiger partial charge in [-0.3, -0.25) is 4.18 Å². The Morgan fingerprint density at radius 3 is 2.17 bits per heavy atom. The van der Waals surface area contributed by atoms with Gasteiger partial charge in [0.1, 0.15) is 0 Å². The van der Waals surface area contributed by atoms with Crippen molar-refractivity contribution < 1.29 is 12.6 Å². The number of rotatable bonds is 2. The SMILES string of the molecule is [CH2]OS(=O)(=O)c1ccc(Br)cc1.